The van der Waals surface area contributed by atoms with Gasteiger partial charge in [-0.15, -0.1) is 0 Å². The number of hydrogen-bond donors (Lipinski definition) is 1. The minimum atomic E-state index is 0.282. The summed E-state index contributed by atoms with van der Waals surface area (Å²) < 4.78 is 1.97. The van der Waals surface area contributed by atoms with Crippen molar-refractivity contribution in [1.29, 1.82) is 0 Å². The van der Waals surface area contributed by atoms with Crippen molar-refractivity contribution < 1.29 is 0 Å². The van der Waals surface area contributed by atoms with Crippen molar-refractivity contribution >= 4 is 11.6 Å². The molecule has 0 fully saturated rings. The monoisotopic (exact) mass is 229 g/mol. The van der Waals surface area contributed by atoms with E-state index in [0.717, 1.165) is 23.8 Å². The number of hydrogen-bond acceptors (Lipinski definition) is 2. The van der Waals surface area contributed by atoms with Gasteiger partial charge in [0.05, 0.1) is 23.0 Å². The molecule has 4 heteroatoms. The third kappa shape index (κ3) is 2.73. The van der Waals surface area contributed by atoms with Crippen LogP contribution in [0.2, 0.25) is 5.02 Å². The first-order valence-corrected chi connectivity index (χ1v) is 5.94. The molecule has 1 heterocycles. The van der Waals surface area contributed by atoms with E-state index in [1.165, 1.54) is 0 Å². The highest BCUT2D eigenvalue weighted by Crippen LogP contribution is 2.27. The van der Waals surface area contributed by atoms with E-state index in [0.29, 0.717) is 5.92 Å². The first-order valence-electron chi connectivity index (χ1n) is 5.56. The van der Waals surface area contributed by atoms with Crippen molar-refractivity contribution in [3.05, 3.63) is 16.9 Å². The Kier molecular flexibility index (Phi) is 4.61. The Morgan fingerprint density at radius 3 is 2.60 bits per heavy atom. The first kappa shape index (κ1) is 12.5. The van der Waals surface area contributed by atoms with E-state index in [1.54, 1.807) is 6.20 Å². The molecule has 0 amide bonds. The van der Waals surface area contributed by atoms with Crippen molar-refractivity contribution in [3.8, 4) is 0 Å². The second-order valence-electron chi connectivity index (χ2n) is 3.97. The van der Waals surface area contributed by atoms with Crippen LogP contribution in [0.3, 0.4) is 0 Å². The summed E-state index contributed by atoms with van der Waals surface area (Å²) >= 11 is 6.17. The molecule has 86 valence electrons. The molecule has 1 rings (SSSR count). The van der Waals surface area contributed by atoms with E-state index < -0.39 is 0 Å². The zero-order valence-corrected chi connectivity index (χ0v) is 10.7. The van der Waals surface area contributed by atoms with Crippen LogP contribution in [0.25, 0.3) is 0 Å². The average Bonchev–Trinajstić information content (AvgIpc) is 2.55. The van der Waals surface area contributed by atoms with Gasteiger partial charge in [-0.3, -0.25) is 4.68 Å². The Hall–Kier alpha value is -0.540. The van der Waals surface area contributed by atoms with Crippen molar-refractivity contribution in [2.75, 3.05) is 6.54 Å². The number of aryl methyl sites for hydroxylation is 1. The average molecular weight is 230 g/mol. The number of halogens is 1. The summed E-state index contributed by atoms with van der Waals surface area (Å²) in [5.74, 6) is 0.504. The SMILES string of the molecule is CCNC(c1c(Cl)cnn1CC)C(C)C. The highest BCUT2D eigenvalue weighted by atomic mass is 35.5. The lowest BCUT2D eigenvalue weighted by Crippen LogP contribution is -2.28. The van der Waals surface area contributed by atoms with Crippen LogP contribution >= 0.6 is 11.6 Å². The minimum absolute atomic E-state index is 0.282. The van der Waals surface area contributed by atoms with E-state index in [4.69, 9.17) is 11.6 Å². The molecule has 0 bridgehead atoms. The highest BCUT2D eigenvalue weighted by molar-refractivity contribution is 6.31. The van der Waals surface area contributed by atoms with Crippen LogP contribution in [-0.2, 0) is 6.54 Å². The fraction of sp³-hybridized carbons (Fsp3) is 0.727. The predicted octanol–water partition coefficient (Wildman–Crippen LogP) is 2.86. The third-order valence-corrected chi connectivity index (χ3v) is 2.81. The first-order chi connectivity index (χ1) is 7.11. The standard InChI is InChI=1S/C11H20ClN3/c1-5-13-10(8(3)4)11-9(12)7-14-15(11)6-2/h7-8,10,13H,5-6H2,1-4H3. The molecule has 0 aromatic carbocycles. The van der Waals surface area contributed by atoms with E-state index in [1.807, 2.05) is 4.68 Å². The number of nitrogens with one attached hydrogen (secondary N) is 1. The van der Waals surface area contributed by atoms with Gasteiger partial charge in [-0.2, -0.15) is 5.10 Å². The summed E-state index contributed by atoms with van der Waals surface area (Å²) in [5, 5.41) is 8.48. The van der Waals surface area contributed by atoms with Gasteiger partial charge in [0.25, 0.3) is 0 Å². The van der Waals surface area contributed by atoms with Crippen molar-refractivity contribution in [2.45, 2.75) is 40.3 Å². The number of aromatic nitrogens is 2. The Bertz CT molecular complexity index is 307. The van der Waals surface area contributed by atoms with E-state index in [-0.39, 0.29) is 6.04 Å². The second-order valence-corrected chi connectivity index (χ2v) is 4.38. The lowest BCUT2D eigenvalue weighted by molar-refractivity contribution is 0.392. The van der Waals surface area contributed by atoms with Gasteiger partial charge in [-0.25, -0.2) is 0 Å². The zero-order chi connectivity index (χ0) is 11.4. The summed E-state index contributed by atoms with van der Waals surface area (Å²) in [6, 6.07) is 0.282. The largest absolute Gasteiger partial charge is 0.309 e. The van der Waals surface area contributed by atoms with Crippen LogP contribution in [0, 0.1) is 5.92 Å². The maximum absolute atomic E-state index is 6.17. The molecule has 0 radical (unpaired) electrons. The van der Waals surface area contributed by atoms with Gasteiger partial charge in [0.1, 0.15) is 0 Å². The maximum atomic E-state index is 6.17. The van der Waals surface area contributed by atoms with Gasteiger partial charge in [0.2, 0.25) is 0 Å². The van der Waals surface area contributed by atoms with Crippen LogP contribution in [-0.4, -0.2) is 16.3 Å². The molecule has 0 aliphatic carbocycles. The van der Waals surface area contributed by atoms with Crippen molar-refractivity contribution in [3.63, 3.8) is 0 Å². The fourth-order valence-electron chi connectivity index (χ4n) is 1.80. The number of rotatable bonds is 5. The van der Waals surface area contributed by atoms with Gasteiger partial charge < -0.3 is 5.32 Å². The van der Waals surface area contributed by atoms with Gasteiger partial charge >= 0.3 is 0 Å². The van der Waals surface area contributed by atoms with Crippen LogP contribution in [0.4, 0.5) is 0 Å². The molecule has 0 saturated carbocycles. The van der Waals surface area contributed by atoms with E-state index >= 15 is 0 Å². The van der Waals surface area contributed by atoms with Gasteiger partial charge in [-0.05, 0) is 19.4 Å². The number of nitrogens with zero attached hydrogens (tertiary/aromatic N) is 2. The highest BCUT2D eigenvalue weighted by Gasteiger charge is 2.21. The fourth-order valence-corrected chi connectivity index (χ4v) is 2.06. The third-order valence-electron chi connectivity index (χ3n) is 2.52. The molecule has 1 aromatic rings. The summed E-state index contributed by atoms with van der Waals surface area (Å²) in [4.78, 5) is 0. The summed E-state index contributed by atoms with van der Waals surface area (Å²) in [7, 11) is 0. The molecule has 1 unspecified atom stereocenters. The van der Waals surface area contributed by atoms with Gasteiger partial charge in [-0.1, -0.05) is 32.4 Å². The summed E-state index contributed by atoms with van der Waals surface area (Å²) in [6.45, 7) is 10.4. The van der Waals surface area contributed by atoms with Crippen LogP contribution in [0.5, 0.6) is 0 Å². The predicted molar refractivity (Wildman–Crippen MR) is 64.2 cm³/mol. The molecule has 1 atom stereocenters. The summed E-state index contributed by atoms with van der Waals surface area (Å²) in [5.41, 5.74) is 1.11. The molecule has 0 aliphatic rings. The lowest BCUT2D eigenvalue weighted by atomic mass is 10.0. The normalized spacial score (nSPS) is 13.5. The Morgan fingerprint density at radius 2 is 2.13 bits per heavy atom. The molecule has 0 saturated heterocycles. The molecule has 1 aromatic heterocycles. The topological polar surface area (TPSA) is 29.9 Å². The van der Waals surface area contributed by atoms with E-state index in [2.05, 4.69) is 38.1 Å². The van der Waals surface area contributed by atoms with Crippen LogP contribution < -0.4 is 5.32 Å². The quantitative estimate of drug-likeness (QED) is 0.842. The minimum Gasteiger partial charge on any atom is -0.309 e. The summed E-state index contributed by atoms with van der Waals surface area (Å²) in [6.07, 6.45) is 1.73. The zero-order valence-electron chi connectivity index (χ0n) is 9.92. The smallest absolute Gasteiger partial charge is 0.0834 e. The van der Waals surface area contributed by atoms with E-state index in [9.17, 15) is 0 Å². The molecule has 15 heavy (non-hydrogen) atoms. The van der Waals surface area contributed by atoms with Crippen molar-refractivity contribution in [2.24, 2.45) is 5.92 Å². The Balaban J connectivity index is 3.03. The van der Waals surface area contributed by atoms with Crippen LogP contribution in [0.1, 0.15) is 39.4 Å². The van der Waals surface area contributed by atoms with Crippen LogP contribution in [0.15, 0.2) is 6.20 Å². The molecule has 0 spiro atoms. The molecule has 1 N–H and O–H groups in total. The molecule has 3 nitrogen and oxygen atoms in total. The molecular formula is C11H20ClN3. The van der Waals surface area contributed by atoms with Gasteiger partial charge in [0, 0.05) is 6.54 Å². The molecular weight excluding hydrogens is 210 g/mol. The maximum Gasteiger partial charge on any atom is 0.0834 e. The Labute approximate surface area is 96.8 Å². The van der Waals surface area contributed by atoms with Crippen molar-refractivity contribution in [1.82, 2.24) is 15.1 Å². The Morgan fingerprint density at radius 1 is 1.47 bits per heavy atom. The van der Waals surface area contributed by atoms with Gasteiger partial charge in [0.15, 0.2) is 0 Å². The molecule has 0 aliphatic heterocycles. The second kappa shape index (κ2) is 5.52. The lowest BCUT2D eigenvalue weighted by Gasteiger charge is -2.23.